The molecule has 4 aliphatic carbocycles. The molecule has 0 spiro atoms. The number of carbonyl (C=O) groups is 1. The summed E-state index contributed by atoms with van der Waals surface area (Å²) in [5, 5.41) is 10.4. The van der Waals surface area contributed by atoms with E-state index in [0.717, 1.165) is 31.2 Å². The van der Waals surface area contributed by atoms with Gasteiger partial charge >= 0.3 is 0 Å². The number of hydrogen-bond donors (Lipinski definition) is 2. The lowest BCUT2D eigenvalue weighted by Gasteiger charge is -2.56. The van der Waals surface area contributed by atoms with Gasteiger partial charge in [-0.3, -0.25) is 10.2 Å². The Balaban J connectivity index is 1.61. The maximum Gasteiger partial charge on any atom is 0.156 e. The van der Waals surface area contributed by atoms with Crippen LogP contribution < -0.4 is 5.32 Å². The van der Waals surface area contributed by atoms with E-state index in [1.165, 1.54) is 37.6 Å². The molecule has 0 aromatic heterocycles. The average Bonchev–Trinajstić information content (AvgIpc) is 2.97. The molecule has 3 heteroatoms. The van der Waals surface area contributed by atoms with Gasteiger partial charge in [-0.2, -0.15) is 0 Å². The molecular formula is C23H34N2O. The summed E-state index contributed by atoms with van der Waals surface area (Å²) < 4.78 is 0. The van der Waals surface area contributed by atoms with E-state index in [9.17, 15) is 4.79 Å². The van der Waals surface area contributed by atoms with Crippen LogP contribution in [-0.2, 0) is 4.79 Å². The fourth-order valence-corrected chi connectivity index (χ4v) is 7.36. The predicted octanol–water partition coefficient (Wildman–Crippen LogP) is 4.74. The maximum absolute atomic E-state index is 11.9. The van der Waals surface area contributed by atoms with Crippen molar-refractivity contribution in [2.75, 3.05) is 6.54 Å². The molecule has 26 heavy (non-hydrogen) atoms. The summed E-state index contributed by atoms with van der Waals surface area (Å²) in [5.41, 5.74) is 1.94. The van der Waals surface area contributed by atoms with E-state index in [1.807, 2.05) is 6.08 Å². The summed E-state index contributed by atoms with van der Waals surface area (Å²) in [6.07, 6.45) is 15.1. The molecule has 0 saturated heterocycles. The standard InChI is InChI=1S/C23H34N2O/c1-15(13-25-14-24)19-6-7-20-18-5-4-16-12-17(26)8-10-22(16,2)21(18)9-11-23(19,20)3/h4-5,12,14-15,18-21H,6-11,13H2,1-3H3,(H2,24,25)/t15-,18?,19-,20?,21?,22+,23-/m1/s1. The third kappa shape index (κ3) is 2.53. The monoisotopic (exact) mass is 354 g/mol. The third-order valence-corrected chi connectivity index (χ3v) is 8.82. The maximum atomic E-state index is 11.9. The topological polar surface area (TPSA) is 53.0 Å². The third-order valence-electron chi connectivity index (χ3n) is 8.82. The van der Waals surface area contributed by atoms with E-state index in [4.69, 9.17) is 5.41 Å². The number of carbonyl (C=O) groups excluding carboxylic acids is 1. The highest BCUT2D eigenvalue weighted by atomic mass is 16.1. The fourth-order valence-electron chi connectivity index (χ4n) is 7.36. The van der Waals surface area contributed by atoms with Crippen molar-refractivity contribution in [2.45, 2.75) is 59.3 Å². The van der Waals surface area contributed by atoms with Crippen molar-refractivity contribution < 1.29 is 4.79 Å². The van der Waals surface area contributed by atoms with Gasteiger partial charge in [0.15, 0.2) is 5.78 Å². The van der Waals surface area contributed by atoms with Gasteiger partial charge in [-0.05, 0) is 84.2 Å². The average molecular weight is 355 g/mol. The molecule has 0 amide bonds. The second-order valence-electron chi connectivity index (χ2n) is 9.89. The zero-order chi connectivity index (χ0) is 18.5. The minimum Gasteiger partial charge on any atom is -0.376 e. The van der Waals surface area contributed by atoms with Gasteiger partial charge in [0.05, 0.1) is 6.34 Å². The lowest BCUT2D eigenvalue weighted by Crippen LogP contribution is -2.49. The van der Waals surface area contributed by atoms with Crippen LogP contribution in [0, 0.1) is 45.8 Å². The molecule has 3 unspecified atom stereocenters. The summed E-state index contributed by atoms with van der Waals surface area (Å²) in [4.78, 5) is 11.9. The Morgan fingerprint density at radius 2 is 2.08 bits per heavy atom. The van der Waals surface area contributed by atoms with E-state index in [-0.39, 0.29) is 5.41 Å². The highest BCUT2D eigenvalue weighted by Gasteiger charge is 2.58. The molecule has 7 atom stereocenters. The minimum atomic E-state index is 0.208. The first-order valence-electron chi connectivity index (χ1n) is 10.6. The van der Waals surface area contributed by atoms with E-state index in [2.05, 4.69) is 38.2 Å². The molecule has 2 N–H and O–H groups in total. The molecule has 0 aromatic carbocycles. The Morgan fingerprint density at radius 3 is 2.85 bits per heavy atom. The molecule has 2 fully saturated rings. The SMILES string of the molecule is C[C@H](CNC=N)[C@H]1CCC2C3C=CC4=CC(=O)CC[C@]4(C)C3CC[C@@]21C. The molecule has 0 heterocycles. The van der Waals surface area contributed by atoms with Gasteiger partial charge in [-0.15, -0.1) is 0 Å². The minimum absolute atomic E-state index is 0.208. The normalized spacial score (nSPS) is 45.2. The van der Waals surface area contributed by atoms with Crippen LogP contribution in [0.4, 0.5) is 0 Å². The van der Waals surface area contributed by atoms with Gasteiger partial charge in [-0.25, -0.2) is 0 Å². The first-order valence-corrected chi connectivity index (χ1v) is 10.6. The predicted molar refractivity (Wildman–Crippen MR) is 106 cm³/mol. The Kier molecular flexibility index (Phi) is 4.40. The molecule has 2 saturated carbocycles. The molecule has 0 radical (unpaired) electrons. The summed E-state index contributed by atoms with van der Waals surface area (Å²) in [6.45, 7) is 8.27. The number of ketones is 1. The van der Waals surface area contributed by atoms with Gasteiger partial charge in [-0.1, -0.05) is 32.9 Å². The largest absolute Gasteiger partial charge is 0.376 e. The quantitative estimate of drug-likeness (QED) is 0.566. The summed E-state index contributed by atoms with van der Waals surface area (Å²) in [6, 6.07) is 0. The van der Waals surface area contributed by atoms with Crippen LogP contribution in [0.25, 0.3) is 0 Å². The van der Waals surface area contributed by atoms with Crippen LogP contribution >= 0.6 is 0 Å². The number of hydrogen-bond acceptors (Lipinski definition) is 2. The van der Waals surface area contributed by atoms with Gasteiger partial charge in [0.2, 0.25) is 0 Å². The smallest absolute Gasteiger partial charge is 0.156 e. The molecule has 0 bridgehead atoms. The van der Waals surface area contributed by atoms with Crippen molar-refractivity contribution in [3.05, 3.63) is 23.8 Å². The Morgan fingerprint density at radius 1 is 1.27 bits per heavy atom. The van der Waals surface area contributed by atoms with Crippen molar-refractivity contribution in [3.63, 3.8) is 0 Å². The second-order valence-corrected chi connectivity index (χ2v) is 9.89. The highest BCUT2D eigenvalue weighted by molar-refractivity contribution is 5.92. The van der Waals surface area contributed by atoms with E-state index >= 15 is 0 Å². The molecule has 0 aliphatic heterocycles. The van der Waals surface area contributed by atoms with Gasteiger partial charge < -0.3 is 5.32 Å². The van der Waals surface area contributed by atoms with Gasteiger partial charge in [0, 0.05) is 13.0 Å². The van der Waals surface area contributed by atoms with Crippen molar-refractivity contribution in [2.24, 2.45) is 40.4 Å². The van der Waals surface area contributed by atoms with Gasteiger partial charge in [0.1, 0.15) is 0 Å². The molecule has 142 valence electrons. The highest BCUT2D eigenvalue weighted by Crippen LogP contribution is 2.66. The Bertz CT molecular complexity index is 665. The summed E-state index contributed by atoms with van der Waals surface area (Å²) in [5.74, 6) is 3.85. The first kappa shape index (κ1) is 18.0. The Hall–Kier alpha value is -1.38. The van der Waals surface area contributed by atoms with Crippen LogP contribution in [-0.4, -0.2) is 18.7 Å². The van der Waals surface area contributed by atoms with Crippen molar-refractivity contribution in [3.8, 4) is 0 Å². The summed E-state index contributed by atoms with van der Waals surface area (Å²) in [7, 11) is 0. The number of nitrogens with one attached hydrogen (secondary N) is 2. The van der Waals surface area contributed by atoms with Crippen molar-refractivity contribution in [1.29, 1.82) is 5.41 Å². The molecular weight excluding hydrogens is 320 g/mol. The fraction of sp³-hybridized carbons (Fsp3) is 0.739. The van der Waals surface area contributed by atoms with Crippen LogP contribution in [0.15, 0.2) is 23.8 Å². The molecule has 4 rings (SSSR count). The number of rotatable bonds is 4. The zero-order valence-corrected chi connectivity index (χ0v) is 16.6. The van der Waals surface area contributed by atoms with E-state index in [1.54, 1.807) is 0 Å². The Labute approximate surface area is 158 Å². The lowest BCUT2D eigenvalue weighted by atomic mass is 9.48. The molecule has 0 aromatic rings. The van der Waals surface area contributed by atoms with E-state index in [0.29, 0.717) is 29.0 Å². The molecule has 3 nitrogen and oxygen atoms in total. The zero-order valence-electron chi connectivity index (χ0n) is 16.6. The van der Waals surface area contributed by atoms with Crippen LogP contribution in [0.2, 0.25) is 0 Å². The molecule has 4 aliphatic rings. The number of fused-ring (bicyclic) bond motifs is 5. The van der Waals surface area contributed by atoms with E-state index < -0.39 is 0 Å². The lowest BCUT2D eigenvalue weighted by molar-refractivity contribution is -0.116. The first-order chi connectivity index (χ1) is 12.4. The van der Waals surface area contributed by atoms with Crippen molar-refractivity contribution in [1.82, 2.24) is 5.32 Å². The number of allylic oxidation sites excluding steroid dienone is 4. The van der Waals surface area contributed by atoms with Crippen LogP contribution in [0.3, 0.4) is 0 Å². The second kappa shape index (κ2) is 6.35. The van der Waals surface area contributed by atoms with Crippen LogP contribution in [0.5, 0.6) is 0 Å². The van der Waals surface area contributed by atoms with Crippen molar-refractivity contribution >= 4 is 12.1 Å². The van der Waals surface area contributed by atoms with Crippen LogP contribution in [0.1, 0.15) is 59.3 Å². The summed E-state index contributed by atoms with van der Waals surface area (Å²) >= 11 is 0. The van der Waals surface area contributed by atoms with Gasteiger partial charge in [0.25, 0.3) is 0 Å².